The van der Waals surface area contributed by atoms with Crippen LogP contribution >= 0.6 is 11.5 Å². The number of rotatable bonds is 6. The van der Waals surface area contributed by atoms with Crippen molar-refractivity contribution >= 4 is 32.4 Å². The van der Waals surface area contributed by atoms with Crippen LogP contribution in [0.5, 0.6) is 5.75 Å². The van der Waals surface area contributed by atoms with Gasteiger partial charge in [-0.15, -0.1) is 0 Å². The van der Waals surface area contributed by atoms with Crippen molar-refractivity contribution in [2.75, 3.05) is 22.8 Å². The zero-order valence-corrected chi connectivity index (χ0v) is 11.3. The Balaban J connectivity index is 1.87. The maximum atomic E-state index is 11.7. The molecule has 0 radical (unpaired) electrons. The van der Waals surface area contributed by atoms with Crippen LogP contribution in [0.15, 0.2) is 24.3 Å². The highest BCUT2D eigenvalue weighted by atomic mass is 32.2. The molecule has 2 aromatic rings. The quantitative estimate of drug-likeness (QED) is 0.738. The lowest BCUT2D eigenvalue weighted by Gasteiger charge is -2.08. The van der Waals surface area contributed by atoms with Gasteiger partial charge in [-0.1, -0.05) is 21.7 Å². The monoisotopic (exact) mass is 301 g/mol. The summed E-state index contributed by atoms with van der Waals surface area (Å²) in [6.45, 7) is -0.0181. The molecule has 0 bridgehead atoms. The summed E-state index contributed by atoms with van der Waals surface area (Å²) in [6, 6.07) is 6.87. The number of nitrogens with one attached hydrogen (secondary N) is 1. The lowest BCUT2D eigenvalue weighted by atomic mass is 10.3. The number of nitrogen functional groups attached to an aromatic ring is 1. The van der Waals surface area contributed by atoms with E-state index in [-0.39, 0.29) is 17.5 Å². The van der Waals surface area contributed by atoms with E-state index in [9.17, 15) is 8.42 Å². The summed E-state index contributed by atoms with van der Waals surface area (Å²) in [4.78, 5) is 0. The average Bonchev–Trinajstić information content (AvgIpc) is 2.83. The summed E-state index contributed by atoms with van der Waals surface area (Å²) in [6.07, 6.45) is 0. The molecular weight excluding hydrogens is 290 g/mol. The Kier molecular flexibility index (Phi) is 4.12. The molecule has 0 aliphatic rings. The highest BCUT2D eigenvalue weighted by molar-refractivity contribution is 7.92. The van der Waals surface area contributed by atoms with Crippen molar-refractivity contribution in [1.29, 1.82) is 0 Å². The zero-order valence-electron chi connectivity index (χ0n) is 9.68. The van der Waals surface area contributed by atoms with Gasteiger partial charge in [0.25, 0.3) is 0 Å². The summed E-state index contributed by atoms with van der Waals surface area (Å²) in [5, 5.41) is 6.90. The third kappa shape index (κ3) is 4.03. The largest absolute Gasteiger partial charge is 0.490 e. The average molecular weight is 301 g/mol. The lowest BCUT2D eigenvalue weighted by Crippen LogP contribution is -2.21. The topological polar surface area (TPSA) is 120 Å². The minimum atomic E-state index is -3.54. The van der Waals surface area contributed by atoms with Gasteiger partial charge in [0.15, 0.2) is 0 Å². The van der Waals surface area contributed by atoms with Gasteiger partial charge in [-0.2, -0.15) is 0 Å². The minimum absolute atomic E-state index is 0.0181. The minimum Gasteiger partial charge on any atom is -0.490 e. The van der Waals surface area contributed by atoms with Crippen LogP contribution in [0.4, 0.5) is 10.8 Å². The Hall–Kier alpha value is -1.94. The van der Waals surface area contributed by atoms with Gasteiger partial charge in [0.1, 0.15) is 18.1 Å². The maximum absolute atomic E-state index is 11.7. The van der Waals surface area contributed by atoms with Crippen molar-refractivity contribution in [2.45, 2.75) is 0 Å². The fourth-order valence-corrected chi connectivity index (χ4v) is 2.70. The molecule has 19 heavy (non-hydrogen) atoms. The maximum Gasteiger partial charge on any atom is 0.238 e. The smallest absolute Gasteiger partial charge is 0.238 e. The van der Waals surface area contributed by atoms with E-state index in [0.717, 1.165) is 11.5 Å². The molecular formula is C9H11N5O3S2. The van der Waals surface area contributed by atoms with Crippen molar-refractivity contribution in [2.24, 2.45) is 0 Å². The first-order chi connectivity index (χ1) is 9.07. The second-order valence-electron chi connectivity index (χ2n) is 3.47. The molecule has 3 N–H and O–H groups in total. The van der Waals surface area contributed by atoms with Gasteiger partial charge >= 0.3 is 0 Å². The molecule has 0 aliphatic heterocycles. The fourth-order valence-electron chi connectivity index (χ4n) is 1.23. The van der Waals surface area contributed by atoms with E-state index in [1.165, 1.54) is 0 Å². The van der Waals surface area contributed by atoms with Crippen molar-refractivity contribution in [3.8, 4) is 5.75 Å². The van der Waals surface area contributed by atoms with Gasteiger partial charge in [-0.05, 0) is 17.3 Å². The first kappa shape index (κ1) is 13.5. The third-order valence-electron chi connectivity index (χ3n) is 2.07. The molecule has 1 heterocycles. The first-order valence-corrected chi connectivity index (χ1v) is 7.62. The van der Waals surface area contributed by atoms with Gasteiger partial charge in [0, 0.05) is 11.5 Å². The third-order valence-corrected chi connectivity index (χ3v) is 3.92. The van der Waals surface area contributed by atoms with Crippen LogP contribution in [-0.2, 0) is 10.0 Å². The molecule has 1 aromatic carbocycles. The Bertz CT molecular complexity index is 629. The van der Waals surface area contributed by atoms with E-state index in [1.807, 2.05) is 0 Å². The van der Waals surface area contributed by atoms with Crippen LogP contribution < -0.4 is 15.2 Å². The Morgan fingerprint density at radius 1 is 1.37 bits per heavy atom. The predicted octanol–water partition coefficient (Wildman–Crippen LogP) is 0.336. The normalized spacial score (nSPS) is 11.2. The Morgan fingerprint density at radius 2 is 2.16 bits per heavy atom. The number of nitrogens with zero attached hydrogens (tertiary/aromatic N) is 3. The summed E-state index contributed by atoms with van der Waals surface area (Å²) < 4.78 is 34.3. The molecule has 0 aliphatic carbocycles. The molecule has 0 fully saturated rings. The van der Waals surface area contributed by atoms with Crippen molar-refractivity contribution < 1.29 is 13.2 Å². The highest BCUT2D eigenvalue weighted by Gasteiger charge is 2.13. The second-order valence-corrected chi connectivity index (χ2v) is 6.05. The lowest BCUT2D eigenvalue weighted by molar-refractivity contribution is 0.343. The van der Waals surface area contributed by atoms with Crippen LogP contribution in [0.25, 0.3) is 0 Å². The van der Waals surface area contributed by atoms with E-state index < -0.39 is 10.0 Å². The van der Waals surface area contributed by atoms with E-state index in [0.29, 0.717) is 11.4 Å². The van der Waals surface area contributed by atoms with Crippen LogP contribution in [0.1, 0.15) is 0 Å². The van der Waals surface area contributed by atoms with Gasteiger partial charge in [-0.3, -0.25) is 4.72 Å². The predicted molar refractivity (Wildman–Crippen MR) is 71.5 cm³/mol. The number of nitrogens with two attached hydrogens (primary N) is 1. The van der Waals surface area contributed by atoms with Crippen LogP contribution in [0.3, 0.4) is 0 Å². The molecule has 2 rings (SSSR count). The molecule has 0 saturated heterocycles. The second kappa shape index (κ2) is 5.80. The number of sulfonamides is 1. The number of hydrogen-bond donors (Lipinski definition) is 2. The van der Waals surface area contributed by atoms with E-state index in [4.69, 9.17) is 10.5 Å². The molecule has 102 valence electrons. The van der Waals surface area contributed by atoms with Crippen LogP contribution in [-0.4, -0.2) is 35.6 Å². The van der Waals surface area contributed by atoms with Gasteiger partial charge in [0.05, 0.1) is 5.69 Å². The highest BCUT2D eigenvalue weighted by Crippen LogP contribution is 2.19. The standard InChI is InChI=1S/C9H11N5O3S2/c10-7-3-1-2-4-8(7)17-5-6-19(15,16)12-9-11-13-14-18-9/h1-4H,5-6,10H2,(H,11,12,14). The molecule has 0 amide bonds. The molecule has 0 unspecified atom stereocenters. The van der Waals surface area contributed by atoms with E-state index >= 15 is 0 Å². The van der Waals surface area contributed by atoms with Crippen LogP contribution in [0, 0.1) is 0 Å². The number of para-hydroxylation sites is 2. The number of ether oxygens (including phenoxy) is 1. The number of benzene rings is 1. The number of hydrogen-bond acceptors (Lipinski definition) is 8. The fraction of sp³-hybridized carbons (Fsp3) is 0.222. The van der Waals surface area contributed by atoms with Gasteiger partial charge in [0.2, 0.25) is 15.2 Å². The van der Waals surface area contributed by atoms with Crippen molar-refractivity contribution in [1.82, 2.24) is 14.8 Å². The summed E-state index contributed by atoms with van der Waals surface area (Å²) >= 11 is 0.859. The van der Waals surface area contributed by atoms with E-state index in [1.54, 1.807) is 24.3 Å². The molecule has 0 atom stereocenters. The number of aromatic nitrogens is 3. The Morgan fingerprint density at radius 3 is 2.84 bits per heavy atom. The SMILES string of the molecule is Nc1ccccc1OCCS(=O)(=O)Nc1nnns1. The van der Waals surface area contributed by atoms with Gasteiger partial charge < -0.3 is 10.5 Å². The summed E-state index contributed by atoms with van der Waals surface area (Å²) in [5.41, 5.74) is 6.12. The molecule has 8 nitrogen and oxygen atoms in total. The van der Waals surface area contributed by atoms with Crippen molar-refractivity contribution in [3.05, 3.63) is 24.3 Å². The first-order valence-electron chi connectivity index (χ1n) is 5.20. The summed E-state index contributed by atoms with van der Waals surface area (Å²) in [7, 11) is -3.54. The molecule has 10 heteroatoms. The molecule has 0 saturated carbocycles. The van der Waals surface area contributed by atoms with E-state index in [2.05, 4.69) is 19.5 Å². The molecule has 1 aromatic heterocycles. The molecule has 0 spiro atoms. The zero-order chi connectivity index (χ0) is 13.7. The number of anilines is 2. The van der Waals surface area contributed by atoms with Gasteiger partial charge in [-0.25, -0.2) is 8.42 Å². The van der Waals surface area contributed by atoms with Crippen LogP contribution in [0.2, 0.25) is 0 Å². The Labute approximate surface area is 113 Å². The summed E-state index contributed by atoms with van der Waals surface area (Å²) in [5.74, 6) is 0.233. The van der Waals surface area contributed by atoms with Crippen molar-refractivity contribution in [3.63, 3.8) is 0 Å².